The molecule has 17 nitrogen and oxygen atoms in total. The highest BCUT2D eigenvalue weighted by molar-refractivity contribution is 7.47. The summed E-state index contributed by atoms with van der Waals surface area (Å²) < 4.78 is 68.5. The van der Waals surface area contributed by atoms with Crippen LogP contribution in [-0.2, 0) is 65.4 Å². The van der Waals surface area contributed by atoms with Crippen LogP contribution in [0.2, 0.25) is 0 Å². The number of phosphoric acid groups is 2. The molecule has 554 valence electrons. The van der Waals surface area contributed by atoms with Crippen LogP contribution in [0.1, 0.15) is 374 Å². The van der Waals surface area contributed by atoms with Crippen molar-refractivity contribution in [3.05, 3.63) is 24.3 Å². The number of carbonyl (C=O) groups is 4. The van der Waals surface area contributed by atoms with Gasteiger partial charge in [-0.1, -0.05) is 296 Å². The van der Waals surface area contributed by atoms with Crippen molar-refractivity contribution in [2.45, 2.75) is 393 Å². The zero-order chi connectivity index (χ0) is 69.0. The molecule has 0 aromatic rings. The molecule has 0 aliphatic carbocycles. The van der Waals surface area contributed by atoms with Crippen LogP contribution in [0.5, 0.6) is 0 Å². The second kappa shape index (κ2) is 69.0. The Labute approximate surface area is 573 Å². The molecule has 0 saturated heterocycles. The first kappa shape index (κ1) is 91.5. The average Bonchev–Trinajstić information content (AvgIpc) is 2.42. The number of ether oxygens (including phenoxy) is 4. The normalized spacial score (nSPS) is 14.1. The Morgan fingerprint density at radius 2 is 0.489 bits per heavy atom. The lowest BCUT2D eigenvalue weighted by molar-refractivity contribution is -0.161. The number of carbonyl (C=O) groups excluding carboxylic acids is 4. The molecule has 0 radical (unpaired) electrons. The first-order valence-corrected chi connectivity index (χ1v) is 41.6. The highest BCUT2D eigenvalue weighted by Crippen LogP contribution is 2.45. The molecular weight excluding hydrogens is 1230 g/mol. The van der Waals surface area contributed by atoms with Crippen LogP contribution in [0, 0.1) is 0 Å². The van der Waals surface area contributed by atoms with Gasteiger partial charge in [0.15, 0.2) is 12.2 Å². The highest BCUT2D eigenvalue weighted by Gasteiger charge is 2.30. The van der Waals surface area contributed by atoms with Crippen LogP contribution in [0.15, 0.2) is 24.3 Å². The first-order valence-electron chi connectivity index (χ1n) is 38.6. The van der Waals surface area contributed by atoms with Gasteiger partial charge < -0.3 is 33.8 Å². The molecule has 2 unspecified atom stereocenters. The van der Waals surface area contributed by atoms with Gasteiger partial charge in [0.05, 0.1) is 26.4 Å². The lowest BCUT2D eigenvalue weighted by Gasteiger charge is -2.21. The van der Waals surface area contributed by atoms with Crippen molar-refractivity contribution in [3.63, 3.8) is 0 Å². The largest absolute Gasteiger partial charge is 0.472 e. The Bertz CT molecular complexity index is 1880. The van der Waals surface area contributed by atoms with Crippen LogP contribution in [-0.4, -0.2) is 96.7 Å². The van der Waals surface area contributed by atoms with Crippen molar-refractivity contribution in [3.8, 4) is 0 Å². The molecule has 0 aliphatic heterocycles. The Kier molecular flexibility index (Phi) is 67.2. The molecule has 5 atom stereocenters. The molecule has 0 rings (SSSR count). The molecule has 19 heteroatoms. The minimum atomic E-state index is -4.96. The lowest BCUT2D eigenvalue weighted by atomic mass is 10.0. The Morgan fingerprint density at radius 1 is 0.287 bits per heavy atom. The average molecular weight is 1380 g/mol. The fourth-order valence-corrected chi connectivity index (χ4v) is 12.6. The van der Waals surface area contributed by atoms with E-state index in [2.05, 4.69) is 52.0 Å². The lowest BCUT2D eigenvalue weighted by Crippen LogP contribution is -2.30. The van der Waals surface area contributed by atoms with Crippen molar-refractivity contribution in [2.75, 3.05) is 39.6 Å². The van der Waals surface area contributed by atoms with E-state index in [0.717, 1.165) is 122 Å². The van der Waals surface area contributed by atoms with Gasteiger partial charge in [0.2, 0.25) is 0 Å². The molecule has 0 amide bonds. The number of rotatable bonds is 74. The fraction of sp³-hybridized carbons (Fsp3) is 0.893. The summed E-state index contributed by atoms with van der Waals surface area (Å²) in [5.74, 6) is -2.15. The van der Waals surface area contributed by atoms with Gasteiger partial charge in [0.25, 0.3) is 0 Å². The van der Waals surface area contributed by atoms with E-state index in [1.807, 2.05) is 0 Å². The van der Waals surface area contributed by atoms with Crippen LogP contribution >= 0.6 is 15.6 Å². The summed E-state index contributed by atoms with van der Waals surface area (Å²) in [7, 11) is -9.92. The van der Waals surface area contributed by atoms with E-state index in [9.17, 15) is 43.2 Å². The second-order valence-corrected chi connectivity index (χ2v) is 29.2. The van der Waals surface area contributed by atoms with E-state index in [0.29, 0.717) is 25.7 Å². The molecule has 94 heavy (non-hydrogen) atoms. The number of hydrogen-bond acceptors (Lipinski definition) is 15. The maximum Gasteiger partial charge on any atom is 0.472 e. The predicted molar refractivity (Wildman–Crippen MR) is 381 cm³/mol. The first-order chi connectivity index (χ1) is 45.7. The quantitative estimate of drug-likeness (QED) is 0.0169. The summed E-state index contributed by atoms with van der Waals surface area (Å²) in [5.41, 5.74) is 0. The smallest absolute Gasteiger partial charge is 0.462 e. The van der Waals surface area contributed by atoms with Crippen molar-refractivity contribution in [1.82, 2.24) is 0 Å². The molecule has 0 aromatic carbocycles. The minimum absolute atomic E-state index is 0.0937. The molecule has 0 bridgehead atoms. The Balaban J connectivity index is 5.30. The maximum absolute atomic E-state index is 13.1. The molecular formula is C75H142O17P2. The number of aliphatic hydroxyl groups excluding tert-OH is 1. The maximum atomic E-state index is 13.1. The summed E-state index contributed by atoms with van der Waals surface area (Å²) in [6.07, 6.45) is 61.6. The van der Waals surface area contributed by atoms with Crippen LogP contribution < -0.4 is 0 Å². The van der Waals surface area contributed by atoms with E-state index >= 15 is 0 Å². The molecule has 0 fully saturated rings. The van der Waals surface area contributed by atoms with Gasteiger partial charge in [-0.05, 0) is 77.0 Å². The van der Waals surface area contributed by atoms with E-state index in [1.165, 1.54) is 173 Å². The summed E-state index contributed by atoms with van der Waals surface area (Å²) in [5, 5.41) is 10.6. The van der Waals surface area contributed by atoms with Gasteiger partial charge in [-0.25, -0.2) is 9.13 Å². The minimum Gasteiger partial charge on any atom is -0.462 e. The summed E-state index contributed by atoms with van der Waals surface area (Å²) >= 11 is 0. The summed E-state index contributed by atoms with van der Waals surface area (Å²) in [6, 6.07) is 0. The third kappa shape index (κ3) is 68.1. The molecule has 0 aliphatic rings. The van der Waals surface area contributed by atoms with Gasteiger partial charge >= 0.3 is 39.5 Å². The summed E-state index contributed by atoms with van der Waals surface area (Å²) in [6.45, 7) is 4.92. The Morgan fingerprint density at radius 3 is 0.745 bits per heavy atom. The number of phosphoric ester groups is 2. The van der Waals surface area contributed by atoms with Crippen LogP contribution in [0.4, 0.5) is 0 Å². The summed E-state index contributed by atoms with van der Waals surface area (Å²) in [4.78, 5) is 72.8. The third-order valence-electron chi connectivity index (χ3n) is 16.9. The highest BCUT2D eigenvalue weighted by atomic mass is 31.2. The number of esters is 4. The topological polar surface area (TPSA) is 237 Å². The monoisotopic (exact) mass is 1380 g/mol. The zero-order valence-electron chi connectivity index (χ0n) is 60.4. The molecule has 0 heterocycles. The van der Waals surface area contributed by atoms with Crippen LogP contribution in [0.25, 0.3) is 0 Å². The van der Waals surface area contributed by atoms with Crippen molar-refractivity contribution >= 4 is 39.5 Å². The number of allylic oxidation sites excluding steroid dienone is 4. The number of aliphatic hydroxyl groups is 1. The van der Waals surface area contributed by atoms with E-state index in [1.54, 1.807) is 0 Å². The third-order valence-corrected chi connectivity index (χ3v) is 18.8. The van der Waals surface area contributed by atoms with E-state index in [-0.39, 0.29) is 25.7 Å². The zero-order valence-corrected chi connectivity index (χ0v) is 62.2. The standard InChI is InChI=1S/C75H142O17P2/c1-5-9-13-17-21-25-29-33-34-38-42-46-50-54-58-62-75(80)92-71(66-86-73(78)60-56-52-48-44-40-36-31-27-23-19-15-11-7-3)68-90-94(83,84)88-64-69(76)63-87-93(81,82)89-67-70(91-74(79)61-57-53-49-45-41-37-32-28-24-20-16-12-8-4)65-85-72(77)59-55-51-47-43-39-35-30-26-22-18-14-10-6-2/h26,30,33-34,69-71,76H,5-25,27-29,31-32,35-68H2,1-4H3,(H,81,82)(H,83,84)/b30-26-,34-33-/t69-,70+,71+/m0/s1. The van der Waals surface area contributed by atoms with Crippen molar-refractivity contribution in [2.24, 2.45) is 0 Å². The number of unbranched alkanes of at least 4 members (excludes halogenated alkanes) is 44. The predicted octanol–water partition coefficient (Wildman–Crippen LogP) is 21.8. The number of hydrogen-bond donors (Lipinski definition) is 3. The SMILES string of the molecule is CCCCCC/C=C\CCCCCCCC(=O)OC[C@H](COP(=O)(O)OC[C@H](O)COP(=O)(O)OC[C@@H](COC(=O)CCCCCCCCCCCCCCC)OC(=O)CCCCCCC/C=C\CCCCCCCC)OC(=O)CCCCCCCCCCCCCCC. The van der Waals surface area contributed by atoms with Crippen molar-refractivity contribution < 1.29 is 80.2 Å². The van der Waals surface area contributed by atoms with E-state index in [4.69, 9.17) is 37.0 Å². The molecule has 3 N–H and O–H groups in total. The van der Waals surface area contributed by atoms with Gasteiger partial charge in [0.1, 0.15) is 19.3 Å². The van der Waals surface area contributed by atoms with Crippen LogP contribution in [0.3, 0.4) is 0 Å². The second-order valence-electron chi connectivity index (χ2n) is 26.3. The van der Waals surface area contributed by atoms with Gasteiger partial charge in [-0.15, -0.1) is 0 Å². The van der Waals surface area contributed by atoms with Gasteiger partial charge in [-0.2, -0.15) is 0 Å². The van der Waals surface area contributed by atoms with Gasteiger partial charge in [-0.3, -0.25) is 37.3 Å². The van der Waals surface area contributed by atoms with Gasteiger partial charge in [0, 0.05) is 25.7 Å². The Hall–Kier alpha value is -2.46. The van der Waals surface area contributed by atoms with Crippen molar-refractivity contribution in [1.29, 1.82) is 0 Å². The molecule has 0 spiro atoms. The molecule has 0 aromatic heterocycles. The fourth-order valence-electron chi connectivity index (χ4n) is 11.0. The molecule has 0 saturated carbocycles. The van der Waals surface area contributed by atoms with E-state index < -0.39 is 97.5 Å².